The monoisotopic (exact) mass is 314 g/mol. The van der Waals surface area contributed by atoms with Crippen molar-refractivity contribution in [2.45, 2.75) is 32.4 Å². The number of urea groups is 1. The number of rotatable bonds is 4. The van der Waals surface area contributed by atoms with Crippen LogP contribution in [0.5, 0.6) is 0 Å². The number of nitrogens with zero attached hydrogens (tertiary/aromatic N) is 2. The van der Waals surface area contributed by atoms with Gasteiger partial charge in [-0.15, -0.1) is 0 Å². The smallest absolute Gasteiger partial charge is 0.315 e. The second kappa shape index (κ2) is 7.17. The van der Waals surface area contributed by atoms with Gasteiger partial charge in [-0.3, -0.25) is 0 Å². The first kappa shape index (κ1) is 15.4. The predicted molar refractivity (Wildman–Crippen MR) is 88.3 cm³/mol. The molecule has 1 aliphatic heterocycles. The topological polar surface area (TPSA) is 70.4 Å². The molecule has 1 aliphatic rings. The predicted octanol–water partition coefficient (Wildman–Crippen LogP) is 2.45. The highest BCUT2D eigenvalue weighted by Crippen LogP contribution is 2.19. The fourth-order valence-electron chi connectivity index (χ4n) is 2.82. The lowest BCUT2D eigenvalue weighted by atomic mass is 10.0. The molecular formula is C17H22N4O2. The molecule has 2 aromatic rings. The summed E-state index contributed by atoms with van der Waals surface area (Å²) in [6, 6.07) is 10.5. The molecule has 2 heterocycles. The van der Waals surface area contributed by atoms with E-state index in [0.29, 0.717) is 6.54 Å². The van der Waals surface area contributed by atoms with Crippen molar-refractivity contribution in [2.75, 3.05) is 18.0 Å². The molecule has 0 bridgehead atoms. The average molecular weight is 314 g/mol. The van der Waals surface area contributed by atoms with Crippen molar-refractivity contribution in [2.24, 2.45) is 0 Å². The summed E-state index contributed by atoms with van der Waals surface area (Å²) in [5.74, 6) is 0.737. The first-order valence-electron chi connectivity index (χ1n) is 7.95. The van der Waals surface area contributed by atoms with Gasteiger partial charge in [-0.05, 0) is 31.9 Å². The quantitative estimate of drug-likeness (QED) is 0.909. The molecule has 0 radical (unpaired) electrons. The Hall–Kier alpha value is -2.50. The van der Waals surface area contributed by atoms with Gasteiger partial charge in [0.25, 0.3) is 0 Å². The lowest BCUT2D eigenvalue weighted by Gasteiger charge is -2.33. The zero-order chi connectivity index (χ0) is 16.1. The number of aromatic nitrogens is 1. The van der Waals surface area contributed by atoms with Crippen molar-refractivity contribution >= 4 is 11.7 Å². The molecule has 6 heteroatoms. The maximum absolute atomic E-state index is 12.0. The van der Waals surface area contributed by atoms with Crippen molar-refractivity contribution < 1.29 is 9.21 Å². The van der Waals surface area contributed by atoms with E-state index in [1.54, 1.807) is 0 Å². The van der Waals surface area contributed by atoms with Crippen molar-refractivity contribution in [3.63, 3.8) is 0 Å². The van der Waals surface area contributed by atoms with Gasteiger partial charge in [-0.25, -0.2) is 9.78 Å². The van der Waals surface area contributed by atoms with E-state index < -0.39 is 0 Å². The standard InChI is InChI=1S/C17H22N4O2/c1-13-16(19-12-23-13)11-18-17(22)20-14-7-9-21(10-8-14)15-5-3-2-4-6-15/h2-6,12,14H,7-11H2,1H3,(H2,18,20,22). The molecular weight excluding hydrogens is 292 g/mol. The Bertz CT molecular complexity index is 633. The van der Waals surface area contributed by atoms with Crippen LogP contribution in [0.3, 0.4) is 0 Å². The Kier molecular flexibility index (Phi) is 4.80. The highest BCUT2D eigenvalue weighted by atomic mass is 16.3. The SMILES string of the molecule is Cc1ocnc1CNC(=O)NC1CCN(c2ccccc2)CC1. The molecule has 1 saturated heterocycles. The van der Waals surface area contributed by atoms with E-state index in [-0.39, 0.29) is 12.1 Å². The Labute approximate surface area is 135 Å². The Morgan fingerprint density at radius 2 is 2.04 bits per heavy atom. The van der Waals surface area contributed by atoms with Gasteiger partial charge in [0, 0.05) is 24.8 Å². The maximum Gasteiger partial charge on any atom is 0.315 e. The van der Waals surface area contributed by atoms with E-state index in [4.69, 9.17) is 4.42 Å². The molecule has 1 fully saturated rings. The van der Waals surface area contributed by atoms with Crippen molar-refractivity contribution in [3.05, 3.63) is 48.2 Å². The number of benzene rings is 1. The maximum atomic E-state index is 12.0. The summed E-state index contributed by atoms with van der Waals surface area (Å²) in [6.45, 7) is 4.13. The number of anilines is 1. The zero-order valence-electron chi connectivity index (χ0n) is 13.3. The van der Waals surface area contributed by atoms with Crippen LogP contribution in [0.2, 0.25) is 0 Å². The van der Waals surface area contributed by atoms with Crippen LogP contribution in [0.1, 0.15) is 24.3 Å². The third-order valence-corrected chi connectivity index (χ3v) is 4.21. The summed E-state index contributed by atoms with van der Waals surface area (Å²) in [6.07, 6.45) is 3.29. The number of amides is 2. The molecule has 0 aliphatic carbocycles. The van der Waals surface area contributed by atoms with Gasteiger partial charge in [0.1, 0.15) is 11.5 Å². The largest absolute Gasteiger partial charge is 0.448 e. The second-order valence-corrected chi connectivity index (χ2v) is 5.78. The van der Waals surface area contributed by atoms with Crippen LogP contribution in [0.25, 0.3) is 0 Å². The van der Waals surface area contributed by atoms with Crippen LogP contribution in [0.4, 0.5) is 10.5 Å². The number of nitrogens with one attached hydrogen (secondary N) is 2. The summed E-state index contributed by atoms with van der Waals surface area (Å²) in [5, 5.41) is 5.87. The highest BCUT2D eigenvalue weighted by molar-refractivity contribution is 5.74. The summed E-state index contributed by atoms with van der Waals surface area (Å²) in [5.41, 5.74) is 2.01. The van der Waals surface area contributed by atoms with E-state index in [2.05, 4.69) is 44.8 Å². The number of piperidine rings is 1. The van der Waals surface area contributed by atoms with Gasteiger partial charge in [-0.2, -0.15) is 0 Å². The van der Waals surface area contributed by atoms with Gasteiger partial charge >= 0.3 is 6.03 Å². The zero-order valence-corrected chi connectivity index (χ0v) is 13.3. The molecule has 0 saturated carbocycles. The first-order valence-corrected chi connectivity index (χ1v) is 7.95. The molecule has 3 rings (SSSR count). The third kappa shape index (κ3) is 4.03. The summed E-state index contributed by atoms with van der Waals surface area (Å²) < 4.78 is 5.11. The number of carbonyl (C=O) groups excluding carboxylic acids is 1. The van der Waals surface area contributed by atoms with E-state index in [9.17, 15) is 4.79 Å². The molecule has 0 spiro atoms. The van der Waals surface area contributed by atoms with Crippen molar-refractivity contribution in [1.82, 2.24) is 15.6 Å². The van der Waals surface area contributed by atoms with E-state index >= 15 is 0 Å². The van der Waals surface area contributed by atoms with Crippen LogP contribution >= 0.6 is 0 Å². The minimum atomic E-state index is -0.148. The van der Waals surface area contributed by atoms with Crippen LogP contribution in [-0.2, 0) is 6.54 Å². The summed E-state index contributed by atoms with van der Waals surface area (Å²) in [7, 11) is 0. The normalized spacial score (nSPS) is 15.4. The van der Waals surface area contributed by atoms with E-state index in [0.717, 1.165) is 37.4 Å². The minimum Gasteiger partial charge on any atom is -0.448 e. The van der Waals surface area contributed by atoms with Gasteiger partial charge in [0.05, 0.1) is 6.54 Å². The highest BCUT2D eigenvalue weighted by Gasteiger charge is 2.20. The number of hydrogen-bond donors (Lipinski definition) is 2. The van der Waals surface area contributed by atoms with Crippen LogP contribution in [0, 0.1) is 6.92 Å². The Balaban J connectivity index is 1.42. The molecule has 2 amide bonds. The van der Waals surface area contributed by atoms with Crippen molar-refractivity contribution in [3.8, 4) is 0 Å². The molecule has 0 unspecified atom stereocenters. The molecule has 2 N–H and O–H groups in total. The van der Waals surface area contributed by atoms with Gasteiger partial charge in [-0.1, -0.05) is 18.2 Å². The minimum absolute atomic E-state index is 0.148. The fraction of sp³-hybridized carbons (Fsp3) is 0.412. The lowest BCUT2D eigenvalue weighted by Crippen LogP contribution is -2.47. The lowest BCUT2D eigenvalue weighted by molar-refractivity contribution is 0.234. The van der Waals surface area contributed by atoms with Crippen LogP contribution in [-0.4, -0.2) is 30.1 Å². The molecule has 23 heavy (non-hydrogen) atoms. The summed E-state index contributed by atoms with van der Waals surface area (Å²) in [4.78, 5) is 18.4. The molecule has 1 aromatic carbocycles. The number of carbonyl (C=O) groups is 1. The molecule has 122 valence electrons. The van der Waals surface area contributed by atoms with E-state index in [1.165, 1.54) is 12.1 Å². The van der Waals surface area contributed by atoms with Gasteiger partial charge in [0.15, 0.2) is 6.39 Å². The van der Waals surface area contributed by atoms with Crippen LogP contribution in [0.15, 0.2) is 41.1 Å². The fourth-order valence-corrected chi connectivity index (χ4v) is 2.82. The first-order chi connectivity index (χ1) is 11.2. The molecule has 6 nitrogen and oxygen atoms in total. The Morgan fingerprint density at radius 1 is 1.30 bits per heavy atom. The third-order valence-electron chi connectivity index (χ3n) is 4.21. The number of oxazole rings is 1. The van der Waals surface area contributed by atoms with Crippen molar-refractivity contribution in [1.29, 1.82) is 0 Å². The second-order valence-electron chi connectivity index (χ2n) is 5.78. The van der Waals surface area contributed by atoms with Gasteiger partial charge in [0.2, 0.25) is 0 Å². The summed E-state index contributed by atoms with van der Waals surface area (Å²) >= 11 is 0. The Morgan fingerprint density at radius 3 is 2.70 bits per heavy atom. The average Bonchev–Trinajstić information content (AvgIpc) is 3.00. The van der Waals surface area contributed by atoms with E-state index in [1.807, 2.05) is 13.0 Å². The number of hydrogen-bond acceptors (Lipinski definition) is 4. The number of para-hydroxylation sites is 1. The van der Waals surface area contributed by atoms with Crippen LogP contribution < -0.4 is 15.5 Å². The molecule has 0 atom stereocenters. The molecule has 1 aromatic heterocycles. The van der Waals surface area contributed by atoms with Gasteiger partial charge < -0.3 is 20.0 Å². The number of aryl methyl sites for hydroxylation is 1.